The quantitative estimate of drug-likeness (QED) is 0.650. The molecule has 1 N–H and O–H groups in total. The van der Waals surface area contributed by atoms with Crippen LogP contribution in [-0.4, -0.2) is 36.7 Å². The van der Waals surface area contributed by atoms with Gasteiger partial charge >= 0.3 is 5.97 Å². The molecule has 4 heteroatoms. The minimum atomic E-state index is -0.110. The van der Waals surface area contributed by atoms with Crippen molar-refractivity contribution in [3.63, 3.8) is 0 Å². The first-order chi connectivity index (χ1) is 7.11. The number of esters is 1. The molecule has 0 rings (SSSR count). The third kappa shape index (κ3) is 7.68. The van der Waals surface area contributed by atoms with Crippen LogP contribution < -0.4 is 5.32 Å². The van der Waals surface area contributed by atoms with Crippen molar-refractivity contribution in [2.75, 3.05) is 24.7 Å². The van der Waals surface area contributed by atoms with E-state index in [1.54, 1.807) is 11.8 Å². The lowest BCUT2D eigenvalue weighted by Crippen LogP contribution is -2.36. The standard InChI is InChI=1S/C11H23NO2S/c1-5-12-10(9(3)4)7-15-8-11(13)14-6-2/h9-10,12H,5-8H2,1-4H3. The Hall–Kier alpha value is -0.220. The molecule has 0 aromatic carbocycles. The van der Waals surface area contributed by atoms with E-state index in [4.69, 9.17) is 4.74 Å². The van der Waals surface area contributed by atoms with Crippen molar-refractivity contribution in [3.05, 3.63) is 0 Å². The number of nitrogens with one attached hydrogen (secondary N) is 1. The highest BCUT2D eigenvalue weighted by atomic mass is 32.2. The fourth-order valence-corrected chi connectivity index (χ4v) is 2.35. The summed E-state index contributed by atoms with van der Waals surface area (Å²) in [5.41, 5.74) is 0. The van der Waals surface area contributed by atoms with E-state index in [1.807, 2.05) is 6.92 Å². The van der Waals surface area contributed by atoms with Gasteiger partial charge in [0.25, 0.3) is 0 Å². The second kappa shape index (κ2) is 9.04. The van der Waals surface area contributed by atoms with Gasteiger partial charge in [0.2, 0.25) is 0 Å². The van der Waals surface area contributed by atoms with Gasteiger partial charge in [0.15, 0.2) is 0 Å². The van der Waals surface area contributed by atoms with Crippen molar-refractivity contribution < 1.29 is 9.53 Å². The van der Waals surface area contributed by atoms with Gasteiger partial charge in [-0.2, -0.15) is 0 Å². The zero-order valence-corrected chi connectivity index (χ0v) is 11.0. The van der Waals surface area contributed by atoms with Crippen molar-refractivity contribution in [3.8, 4) is 0 Å². The molecule has 1 unspecified atom stereocenters. The highest BCUT2D eigenvalue weighted by Crippen LogP contribution is 2.10. The third-order valence-electron chi connectivity index (χ3n) is 2.09. The number of rotatable bonds is 8. The molecular formula is C11H23NO2S. The molecule has 0 amide bonds. The summed E-state index contributed by atoms with van der Waals surface area (Å²) in [6, 6.07) is 0.481. The minimum Gasteiger partial charge on any atom is -0.465 e. The Labute approximate surface area is 97.3 Å². The van der Waals surface area contributed by atoms with Gasteiger partial charge in [0, 0.05) is 11.8 Å². The summed E-state index contributed by atoms with van der Waals surface area (Å²) in [4.78, 5) is 11.1. The maximum Gasteiger partial charge on any atom is 0.315 e. The lowest BCUT2D eigenvalue weighted by molar-refractivity contribution is -0.139. The van der Waals surface area contributed by atoms with Gasteiger partial charge in [-0.15, -0.1) is 11.8 Å². The van der Waals surface area contributed by atoms with Crippen molar-refractivity contribution in [2.24, 2.45) is 5.92 Å². The van der Waals surface area contributed by atoms with Gasteiger partial charge in [0.05, 0.1) is 12.4 Å². The fraction of sp³-hybridized carbons (Fsp3) is 0.909. The topological polar surface area (TPSA) is 38.3 Å². The van der Waals surface area contributed by atoms with Crippen molar-refractivity contribution in [1.29, 1.82) is 0 Å². The SMILES string of the molecule is CCNC(CSCC(=O)OCC)C(C)C. The van der Waals surface area contributed by atoms with Crippen LogP contribution in [0, 0.1) is 5.92 Å². The molecule has 0 aromatic rings. The number of thioether (sulfide) groups is 1. The maximum absolute atomic E-state index is 11.1. The summed E-state index contributed by atoms with van der Waals surface area (Å²) < 4.78 is 4.86. The van der Waals surface area contributed by atoms with Gasteiger partial charge in [-0.1, -0.05) is 20.8 Å². The average molecular weight is 233 g/mol. The number of carbonyl (C=O) groups is 1. The fourth-order valence-electron chi connectivity index (χ4n) is 1.22. The zero-order valence-electron chi connectivity index (χ0n) is 10.2. The summed E-state index contributed by atoms with van der Waals surface area (Å²) in [5.74, 6) is 1.91. The Morgan fingerprint density at radius 1 is 1.40 bits per heavy atom. The van der Waals surface area contributed by atoms with Gasteiger partial charge in [-0.05, 0) is 19.4 Å². The molecule has 0 aliphatic rings. The normalized spacial score (nSPS) is 12.9. The van der Waals surface area contributed by atoms with Crippen LogP contribution in [0.15, 0.2) is 0 Å². The molecule has 0 aromatic heterocycles. The van der Waals surface area contributed by atoms with E-state index < -0.39 is 0 Å². The average Bonchev–Trinajstić information content (AvgIpc) is 2.16. The van der Waals surface area contributed by atoms with Gasteiger partial charge in [-0.25, -0.2) is 0 Å². The van der Waals surface area contributed by atoms with Crippen LogP contribution in [0.25, 0.3) is 0 Å². The highest BCUT2D eigenvalue weighted by molar-refractivity contribution is 7.99. The Balaban J connectivity index is 3.66. The molecule has 0 aliphatic heterocycles. The van der Waals surface area contributed by atoms with Crippen LogP contribution in [0.3, 0.4) is 0 Å². The molecule has 0 spiro atoms. The first-order valence-electron chi connectivity index (χ1n) is 5.58. The van der Waals surface area contributed by atoms with E-state index in [-0.39, 0.29) is 5.97 Å². The summed E-state index contributed by atoms with van der Waals surface area (Å²) in [7, 11) is 0. The van der Waals surface area contributed by atoms with Crippen LogP contribution in [0.1, 0.15) is 27.7 Å². The molecule has 3 nitrogen and oxygen atoms in total. The van der Waals surface area contributed by atoms with Crippen LogP contribution in [0.2, 0.25) is 0 Å². The Morgan fingerprint density at radius 2 is 2.07 bits per heavy atom. The molecule has 90 valence electrons. The van der Waals surface area contributed by atoms with Gasteiger partial charge < -0.3 is 10.1 Å². The molecular weight excluding hydrogens is 210 g/mol. The Kier molecular flexibility index (Phi) is 8.91. The predicted molar refractivity (Wildman–Crippen MR) is 66.3 cm³/mol. The predicted octanol–water partition coefficient (Wildman–Crippen LogP) is 1.92. The van der Waals surface area contributed by atoms with Crippen LogP contribution in [-0.2, 0) is 9.53 Å². The second-order valence-corrected chi connectivity index (χ2v) is 4.76. The van der Waals surface area contributed by atoms with E-state index in [9.17, 15) is 4.79 Å². The molecule has 0 heterocycles. The van der Waals surface area contributed by atoms with E-state index in [0.29, 0.717) is 24.3 Å². The Morgan fingerprint density at radius 3 is 2.53 bits per heavy atom. The van der Waals surface area contributed by atoms with Gasteiger partial charge in [0.1, 0.15) is 0 Å². The van der Waals surface area contributed by atoms with E-state index in [1.165, 1.54) is 0 Å². The zero-order chi connectivity index (χ0) is 11.7. The van der Waals surface area contributed by atoms with Crippen LogP contribution in [0.4, 0.5) is 0 Å². The number of hydrogen-bond acceptors (Lipinski definition) is 4. The molecule has 0 saturated heterocycles. The lowest BCUT2D eigenvalue weighted by atomic mass is 10.1. The summed E-state index contributed by atoms with van der Waals surface area (Å²) in [5, 5.41) is 3.41. The molecule has 0 radical (unpaired) electrons. The van der Waals surface area contributed by atoms with Gasteiger partial charge in [-0.3, -0.25) is 4.79 Å². The lowest BCUT2D eigenvalue weighted by Gasteiger charge is -2.20. The number of hydrogen-bond donors (Lipinski definition) is 1. The molecule has 0 bridgehead atoms. The van der Waals surface area contributed by atoms with E-state index >= 15 is 0 Å². The van der Waals surface area contributed by atoms with E-state index in [0.717, 1.165) is 12.3 Å². The molecule has 0 fully saturated rings. The highest BCUT2D eigenvalue weighted by Gasteiger charge is 2.12. The number of ether oxygens (including phenoxy) is 1. The second-order valence-electron chi connectivity index (χ2n) is 3.73. The minimum absolute atomic E-state index is 0.110. The number of carbonyl (C=O) groups excluding carboxylic acids is 1. The first kappa shape index (κ1) is 14.8. The van der Waals surface area contributed by atoms with Crippen LogP contribution in [0.5, 0.6) is 0 Å². The summed E-state index contributed by atoms with van der Waals surface area (Å²) >= 11 is 1.64. The van der Waals surface area contributed by atoms with Crippen molar-refractivity contribution >= 4 is 17.7 Å². The Bertz CT molecular complexity index is 174. The smallest absolute Gasteiger partial charge is 0.315 e. The first-order valence-corrected chi connectivity index (χ1v) is 6.74. The monoisotopic (exact) mass is 233 g/mol. The van der Waals surface area contributed by atoms with Crippen LogP contribution >= 0.6 is 11.8 Å². The molecule has 0 saturated carbocycles. The summed E-state index contributed by atoms with van der Waals surface area (Å²) in [6.07, 6.45) is 0. The summed E-state index contributed by atoms with van der Waals surface area (Å²) in [6.45, 7) is 9.77. The molecule has 15 heavy (non-hydrogen) atoms. The van der Waals surface area contributed by atoms with Crippen molar-refractivity contribution in [2.45, 2.75) is 33.7 Å². The van der Waals surface area contributed by atoms with Crippen molar-refractivity contribution in [1.82, 2.24) is 5.32 Å². The maximum atomic E-state index is 11.1. The molecule has 0 aliphatic carbocycles. The molecule has 1 atom stereocenters. The third-order valence-corrected chi connectivity index (χ3v) is 3.13. The van der Waals surface area contributed by atoms with E-state index in [2.05, 4.69) is 26.1 Å². The largest absolute Gasteiger partial charge is 0.465 e.